The molecule has 1 atom stereocenters. The van der Waals surface area contributed by atoms with Crippen molar-refractivity contribution in [2.24, 2.45) is 0 Å². The maximum absolute atomic E-state index is 15.0. The summed E-state index contributed by atoms with van der Waals surface area (Å²) in [6.45, 7) is 14.6. The van der Waals surface area contributed by atoms with Crippen molar-refractivity contribution < 1.29 is 14.3 Å². The summed E-state index contributed by atoms with van der Waals surface area (Å²) < 4.78 is 16.5. The first kappa shape index (κ1) is 27.9. The summed E-state index contributed by atoms with van der Waals surface area (Å²) in [7, 11) is 0. The molecule has 0 aliphatic carbocycles. The molecule has 1 amide bonds. The van der Waals surface area contributed by atoms with E-state index >= 15 is 4.39 Å². The summed E-state index contributed by atoms with van der Waals surface area (Å²) in [6, 6.07) is 7.45. The number of carbonyl (C=O) groups excluding carboxylic acids is 1. The monoisotopic (exact) mass is 556 g/mol. The highest BCUT2D eigenvalue weighted by atomic mass is 19.1. The van der Waals surface area contributed by atoms with Crippen LogP contribution in [0.5, 0.6) is 5.75 Å². The first-order valence-corrected chi connectivity index (χ1v) is 13.6. The van der Waals surface area contributed by atoms with Gasteiger partial charge < -0.3 is 14.9 Å². The molecule has 41 heavy (non-hydrogen) atoms. The van der Waals surface area contributed by atoms with Crippen molar-refractivity contribution in [2.45, 2.75) is 46.6 Å². The Hall–Kier alpha value is -4.60. The first-order valence-electron chi connectivity index (χ1n) is 13.6. The van der Waals surface area contributed by atoms with Gasteiger partial charge in [-0.05, 0) is 68.2 Å². The lowest BCUT2D eigenvalue weighted by molar-refractivity contribution is -0.126. The van der Waals surface area contributed by atoms with Gasteiger partial charge in [0.1, 0.15) is 17.4 Å². The lowest BCUT2D eigenvalue weighted by Gasteiger charge is -2.40. The number of aryl methyl sites for hydroxylation is 2. The van der Waals surface area contributed by atoms with Gasteiger partial charge in [-0.2, -0.15) is 4.98 Å². The molecular weight excluding hydrogens is 523 g/mol. The van der Waals surface area contributed by atoms with Gasteiger partial charge in [0.25, 0.3) is 0 Å². The quantitative estimate of drug-likeness (QED) is 0.357. The zero-order valence-electron chi connectivity index (χ0n) is 23.8. The van der Waals surface area contributed by atoms with E-state index in [0.717, 1.165) is 5.56 Å². The molecule has 0 saturated carbocycles. The molecule has 3 aromatic heterocycles. The predicted molar refractivity (Wildman–Crippen MR) is 157 cm³/mol. The Labute approximate surface area is 237 Å². The Morgan fingerprint density at radius 1 is 1.17 bits per heavy atom. The van der Waals surface area contributed by atoms with E-state index in [2.05, 4.69) is 16.5 Å². The second-order valence-corrected chi connectivity index (χ2v) is 10.8. The maximum Gasteiger partial charge on any atom is 0.355 e. The minimum absolute atomic E-state index is 0.0121. The number of benzene rings is 1. The van der Waals surface area contributed by atoms with E-state index in [1.54, 1.807) is 17.2 Å². The van der Waals surface area contributed by atoms with Gasteiger partial charge in [-0.15, -0.1) is 0 Å². The van der Waals surface area contributed by atoms with Gasteiger partial charge in [-0.25, -0.2) is 18.7 Å². The zero-order chi connectivity index (χ0) is 29.6. The lowest BCUT2D eigenvalue weighted by Crippen LogP contribution is -2.54. The fourth-order valence-corrected chi connectivity index (χ4v) is 5.57. The molecule has 212 valence electrons. The Morgan fingerprint density at radius 2 is 1.93 bits per heavy atom. The molecule has 1 aliphatic heterocycles. The number of aromatic nitrogens is 4. The van der Waals surface area contributed by atoms with Crippen LogP contribution in [0.1, 0.15) is 43.5 Å². The fourth-order valence-electron chi connectivity index (χ4n) is 5.57. The third-order valence-corrected chi connectivity index (χ3v) is 7.58. The van der Waals surface area contributed by atoms with Crippen LogP contribution in [0.25, 0.3) is 28.0 Å². The second-order valence-electron chi connectivity index (χ2n) is 10.8. The van der Waals surface area contributed by atoms with E-state index in [1.807, 2.05) is 45.6 Å². The Balaban J connectivity index is 1.84. The smallest absolute Gasteiger partial charge is 0.355 e. The van der Waals surface area contributed by atoms with E-state index in [1.165, 1.54) is 28.8 Å². The van der Waals surface area contributed by atoms with Crippen LogP contribution in [-0.4, -0.2) is 61.1 Å². The van der Waals surface area contributed by atoms with E-state index in [-0.39, 0.29) is 40.5 Å². The van der Waals surface area contributed by atoms with Crippen LogP contribution in [0, 0.1) is 19.7 Å². The highest BCUT2D eigenvalue weighted by Crippen LogP contribution is 2.37. The van der Waals surface area contributed by atoms with Crippen LogP contribution in [0.4, 0.5) is 10.2 Å². The molecule has 4 aromatic rings. The van der Waals surface area contributed by atoms with Crippen LogP contribution in [-0.2, 0) is 4.79 Å². The van der Waals surface area contributed by atoms with Crippen molar-refractivity contribution in [3.05, 3.63) is 82.3 Å². The Bertz CT molecular complexity index is 1730. The summed E-state index contributed by atoms with van der Waals surface area (Å²) in [5.74, 6) is -0.596. The summed E-state index contributed by atoms with van der Waals surface area (Å²) >= 11 is 0. The number of fused-ring (bicyclic) bond motifs is 1. The molecular formula is C31H33FN6O3. The summed E-state index contributed by atoms with van der Waals surface area (Å²) in [5.41, 5.74) is 2.67. The van der Waals surface area contributed by atoms with Crippen LogP contribution in [0.3, 0.4) is 0 Å². The maximum atomic E-state index is 15.0. The predicted octanol–water partition coefficient (Wildman–Crippen LogP) is 4.65. The number of phenolic OH excluding ortho intramolecular Hbond substituents is 1. The SMILES string of the molecule is C=CC(=O)N1CCN(c2nc(=O)n(-c3c(C)ccnc3C(C)C)c3nc(-c4c(O)cccc4F)cc(C)c23)[C@@H](C)C1. The number of anilines is 1. The topological polar surface area (TPSA) is 104 Å². The van der Waals surface area contributed by atoms with Crippen molar-refractivity contribution >= 4 is 22.8 Å². The largest absolute Gasteiger partial charge is 0.507 e. The average Bonchev–Trinajstić information content (AvgIpc) is 2.92. The van der Waals surface area contributed by atoms with Gasteiger partial charge >= 0.3 is 5.69 Å². The number of phenols is 1. The molecule has 5 rings (SSSR count). The molecule has 0 unspecified atom stereocenters. The van der Waals surface area contributed by atoms with E-state index in [0.29, 0.717) is 47.8 Å². The number of rotatable bonds is 5. The number of pyridine rings is 2. The molecule has 1 fully saturated rings. The van der Waals surface area contributed by atoms with Crippen LogP contribution < -0.4 is 10.6 Å². The fraction of sp³-hybridized carbons (Fsp3) is 0.323. The number of halogens is 1. The molecule has 0 bridgehead atoms. The lowest BCUT2D eigenvalue weighted by atomic mass is 10.0. The van der Waals surface area contributed by atoms with E-state index in [9.17, 15) is 14.7 Å². The number of hydrogen-bond acceptors (Lipinski definition) is 7. The Morgan fingerprint density at radius 3 is 2.59 bits per heavy atom. The summed E-state index contributed by atoms with van der Waals surface area (Å²) in [4.78, 5) is 44.0. The zero-order valence-corrected chi connectivity index (χ0v) is 23.8. The van der Waals surface area contributed by atoms with E-state index in [4.69, 9.17) is 4.98 Å². The van der Waals surface area contributed by atoms with Crippen molar-refractivity contribution in [1.82, 2.24) is 24.4 Å². The van der Waals surface area contributed by atoms with Gasteiger partial charge in [0.05, 0.1) is 28.0 Å². The molecule has 9 nitrogen and oxygen atoms in total. The number of piperazine rings is 1. The van der Waals surface area contributed by atoms with Crippen molar-refractivity contribution in [3.63, 3.8) is 0 Å². The number of hydrogen-bond donors (Lipinski definition) is 1. The molecule has 10 heteroatoms. The average molecular weight is 557 g/mol. The summed E-state index contributed by atoms with van der Waals surface area (Å²) in [6.07, 6.45) is 3.00. The van der Waals surface area contributed by atoms with Gasteiger partial charge in [0, 0.05) is 31.9 Å². The van der Waals surface area contributed by atoms with Gasteiger partial charge in [-0.1, -0.05) is 26.5 Å². The number of aromatic hydroxyl groups is 1. The van der Waals surface area contributed by atoms with Crippen molar-refractivity contribution in [1.29, 1.82) is 0 Å². The van der Waals surface area contributed by atoms with Crippen molar-refractivity contribution in [3.8, 4) is 22.7 Å². The van der Waals surface area contributed by atoms with Crippen LogP contribution in [0.15, 0.2) is 54.0 Å². The standard InChI is InChI=1S/C31H33FN6O3/c1-7-24(40)36-13-14-37(20(6)16-36)29-25-19(5)15-22(26-21(32)9-8-10-23(26)39)34-30(25)38(31(41)35-29)28-18(4)11-12-33-27(28)17(2)3/h7-12,15,17,20,39H,1,13-14,16H2,2-6H3/t20-/m0/s1. The highest BCUT2D eigenvalue weighted by Gasteiger charge is 2.31. The first-order chi connectivity index (χ1) is 19.5. The molecule has 1 N–H and O–H groups in total. The van der Waals surface area contributed by atoms with Crippen molar-refractivity contribution in [2.75, 3.05) is 24.5 Å². The minimum Gasteiger partial charge on any atom is -0.507 e. The number of amides is 1. The van der Waals surface area contributed by atoms with E-state index < -0.39 is 11.5 Å². The molecule has 1 aromatic carbocycles. The molecule has 0 radical (unpaired) electrons. The van der Waals surface area contributed by atoms with Crippen LogP contribution in [0.2, 0.25) is 0 Å². The Kier molecular flexibility index (Phi) is 7.33. The molecule has 4 heterocycles. The minimum atomic E-state index is -0.628. The molecule has 1 saturated heterocycles. The van der Waals surface area contributed by atoms with Gasteiger partial charge in [0.2, 0.25) is 5.91 Å². The number of carbonyl (C=O) groups is 1. The number of nitrogens with zero attached hydrogens (tertiary/aromatic N) is 6. The van der Waals surface area contributed by atoms with Gasteiger partial charge in [0.15, 0.2) is 5.65 Å². The second kappa shape index (κ2) is 10.8. The third-order valence-electron chi connectivity index (χ3n) is 7.58. The van der Waals surface area contributed by atoms with Gasteiger partial charge in [-0.3, -0.25) is 9.78 Å². The normalized spacial score (nSPS) is 15.5. The third kappa shape index (κ3) is 4.83. The molecule has 0 spiro atoms. The highest BCUT2D eigenvalue weighted by molar-refractivity contribution is 5.94. The molecule has 1 aliphatic rings. The van der Waals surface area contributed by atoms with Crippen LogP contribution >= 0.6 is 0 Å². The summed E-state index contributed by atoms with van der Waals surface area (Å²) in [5, 5.41) is 11.2.